The topological polar surface area (TPSA) is 99.8 Å². The van der Waals surface area contributed by atoms with Gasteiger partial charge in [0.05, 0.1) is 13.2 Å². The summed E-state index contributed by atoms with van der Waals surface area (Å²) >= 11 is 0. The van der Waals surface area contributed by atoms with Gasteiger partial charge in [0.15, 0.2) is 0 Å². The Kier molecular flexibility index (Phi) is 9.69. The van der Waals surface area contributed by atoms with Crippen molar-refractivity contribution in [1.29, 1.82) is 0 Å². The van der Waals surface area contributed by atoms with E-state index in [1.54, 1.807) is 32.9 Å². The highest BCUT2D eigenvalue weighted by Crippen LogP contribution is 2.21. The van der Waals surface area contributed by atoms with E-state index in [0.29, 0.717) is 12.3 Å². The number of anilines is 2. The van der Waals surface area contributed by atoms with Crippen LogP contribution in [-0.4, -0.2) is 53.9 Å². The first-order valence-corrected chi connectivity index (χ1v) is 12.9. The summed E-state index contributed by atoms with van der Waals surface area (Å²) in [7, 11) is 0. The maximum Gasteiger partial charge on any atom is 0.249 e. The summed E-state index contributed by atoms with van der Waals surface area (Å²) in [4.78, 5) is 40.6. The van der Waals surface area contributed by atoms with Crippen LogP contribution in [0.4, 0.5) is 11.4 Å². The van der Waals surface area contributed by atoms with Crippen LogP contribution in [0.1, 0.15) is 53.0 Å². The Hall–Kier alpha value is -3.39. The van der Waals surface area contributed by atoms with Crippen LogP contribution in [0.15, 0.2) is 54.6 Å². The molecule has 1 fully saturated rings. The van der Waals surface area contributed by atoms with Gasteiger partial charge in [-0.3, -0.25) is 14.4 Å². The van der Waals surface area contributed by atoms with E-state index in [-0.39, 0.29) is 30.4 Å². The average Bonchev–Trinajstić information content (AvgIpc) is 3.28. The second kappa shape index (κ2) is 12.7. The van der Waals surface area contributed by atoms with Gasteiger partial charge in [0.2, 0.25) is 17.7 Å². The molecule has 0 radical (unpaired) electrons. The van der Waals surface area contributed by atoms with E-state index < -0.39 is 17.5 Å². The molecule has 2 aromatic rings. The van der Waals surface area contributed by atoms with Gasteiger partial charge in [0, 0.05) is 29.4 Å². The number of benzene rings is 2. The molecule has 37 heavy (non-hydrogen) atoms. The molecule has 1 aliphatic heterocycles. The fourth-order valence-electron chi connectivity index (χ4n) is 4.16. The van der Waals surface area contributed by atoms with E-state index in [0.717, 1.165) is 30.6 Å². The molecule has 3 rings (SSSR count). The lowest BCUT2D eigenvalue weighted by molar-refractivity contribution is -0.133. The molecular formula is C29H40N4O4. The first kappa shape index (κ1) is 28.2. The van der Waals surface area contributed by atoms with Crippen LogP contribution in [0.25, 0.3) is 0 Å². The summed E-state index contributed by atoms with van der Waals surface area (Å²) < 4.78 is 5.78. The van der Waals surface area contributed by atoms with E-state index in [1.165, 1.54) is 0 Å². The number of likely N-dealkylation sites (tertiary alicyclic amines) is 1. The molecule has 0 saturated carbocycles. The third-order valence-corrected chi connectivity index (χ3v) is 6.42. The SMILES string of the molecule is CC(Nc1cccc(NC(=O)[C@@H](COCc2ccccc2)NC(=O)C(C)(C)C)c1)C(=O)N1CCCC1C. The quantitative estimate of drug-likeness (QED) is 0.447. The standard InChI is InChI=1S/C29H40N4O4/c1-20-11-10-16-33(20)27(35)21(2)30-23-14-9-15-24(17-23)31-26(34)25(32-28(36)29(3,4)5)19-37-18-22-12-7-6-8-13-22/h6-9,12-15,17,20-21,25,30H,10-11,16,18-19H2,1-5H3,(H,31,34)(H,32,36)/t20?,21?,25-/m1/s1. The smallest absolute Gasteiger partial charge is 0.249 e. The Bertz CT molecular complexity index is 1070. The second-order valence-electron chi connectivity index (χ2n) is 10.7. The Morgan fingerprint density at radius 2 is 1.76 bits per heavy atom. The number of carbonyl (C=O) groups is 3. The van der Waals surface area contributed by atoms with Crippen molar-refractivity contribution in [1.82, 2.24) is 10.2 Å². The molecule has 0 spiro atoms. The largest absolute Gasteiger partial charge is 0.374 e. The van der Waals surface area contributed by atoms with Gasteiger partial charge < -0.3 is 25.6 Å². The van der Waals surface area contributed by atoms with Crippen LogP contribution in [0.5, 0.6) is 0 Å². The summed E-state index contributed by atoms with van der Waals surface area (Å²) in [6.07, 6.45) is 2.06. The van der Waals surface area contributed by atoms with E-state index >= 15 is 0 Å². The van der Waals surface area contributed by atoms with Crippen molar-refractivity contribution >= 4 is 29.1 Å². The van der Waals surface area contributed by atoms with Crippen LogP contribution in [0.3, 0.4) is 0 Å². The number of amides is 3. The van der Waals surface area contributed by atoms with Crippen molar-refractivity contribution in [2.75, 3.05) is 23.8 Å². The number of ether oxygens (including phenoxy) is 1. The van der Waals surface area contributed by atoms with Gasteiger partial charge in [-0.1, -0.05) is 57.2 Å². The molecule has 0 bridgehead atoms. The number of hydrogen-bond donors (Lipinski definition) is 3. The summed E-state index contributed by atoms with van der Waals surface area (Å²) in [6.45, 7) is 10.5. The molecule has 8 heteroatoms. The predicted molar refractivity (Wildman–Crippen MR) is 146 cm³/mol. The van der Waals surface area contributed by atoms with E-state index in [1.807, 2.05) is 54.3 Å². The van der Waals surface area contributed by atoms with Gasteiger partial charge >= 0.3 is 0 Å². The molecule has 1 aliphatic rings. The van der Waals surface area contributed by atoms with Crippen molar-refractivity contribution in [2.24, 2.45) is 5.41 Å². The first-order chi connectivity index (χ1) is 17.5. The molecule has 200 valence electrons. The molecule has 3 atom stereocenters. The number of hydrogen-bond acceptors (Lipinski definition) is 5. The van der Waals surface area contributed by atoms with Gasteiger partial charge in [-0.2, -0.15) is 0 Å². The minimum absolute atomic E-state index is 0.0278. The minimum atomic E-state index is -0.871. The third-order valence-electron chi connectivity index (χ3n) is 6.42. The van der Waals surface area contributed by atoms with Gasteiger partial charge in [-0.15, -0.1) is 0 Å². The van der Waals surface area contributed by atoms with Crippen molar-refractivity contribution in [3.63, 3.8) is 0 Å². The Morgan fingerprint density at radius 1 is 1.05 bits per heavy atom. The van der Waals surface area contributed by atoms with Crippen LogP contribution >= 0.6 is 0 Å². The summed E-state index contributed by atoms with van der Waals surface area (Å²) in [6, 6.07) is 15.9. The highest BCUT2D eigenvalue weighted by Gasteiger charge is 2.29. The van der Waals surface area contributed by atoms with Crippen LogP contribution in [-0.2, 0) is 25.7 Å². The number of rotatable bonds is 10. The van der Waals surface area contributed by atoms with E-state index in [4.69, 9.17) is 4.74 Å². The molecule has 0 aromatic heterocycles. The van der Waals surface area contributed by atoms with Gasteiger partial charge in [-0.05, 0) is 50.5 Å². The maximum atomic E-state index is 13.2. The molecular weight excluding hydrogens is 468 g/mol. The van der Waals surface area contributed by atoms with E-state index in [9.17, 15) is 14.4 Å². The second-order valence-corrected chi connectivity index (χ2v) is 10.7. The average molecular weight is 509 g/mol. The van der Waals surface area contributed by atoms with Crippen LogP contribution < -0.4 is 16.0 Å². The van der Waals surface area contributed by atoms with Crippen LogP contribution in [0.2, 0.25) is 0 Å². The zero-order valence-electron chi connectivity index (χ0n) is 22.5. The molecule has 3 N–H and O–H groups in total. The molecule has 0 aliphatic carbocycles. The van der Waals surface area contributed by atoms with Crippen LogP contribution in [0, 0.1) is 5.41 Å². The number of nitrogens with one attached hydrogen (secondary N) is 3. The molecule has 1 saturated heterocycles. The van der Waals surface area contributed by atoms with Crippen molar-refractivity contribution < 1.29 is 19.1 Å². The molecule has 2 unspecified atom stereocenters. The summed E-state index contributed by atoms with van der Waals surface area (Å²) in [5.41, 5.74) is 1.61. The Morgan fingerprint density at radius 3 is 2.41 bits per heavy atom. The van der Waals surface area contributed by atoms with Gasteiger partial charge in [0.25, 0.3) is 0 Å². The molecule has 8 nitrogen and oxygen atoms in total. The zero-order valence-corrected chi connectivity index (χ0v) is 22.5. The zero-order chi connectivity index (χ0) is 27.0. The highest BCUT2D eigenvalue weighted by atomic mass is 16.5. The lowest BCUT2D eigenvalue weighted by atomic mass is 9.95. The van der Waals surface area contributed by atoms with Gasteiger partial charge in [0.1, 0.15) is 12.1 Å². The monoisotopic (exact) mass is 508 g/mol. The fourth-order valence-corrected chi connectivity index (χ4v) is 4.16. The Balaban J connectivity index is 1.63. The lowest BCUT2D eigenvalue weighted by Gasteiger charge is -2.26. The lowest BCUT2D eigenvalue weighted by Crippen LogP contribution is -2.50. The fraction of sp³-hybridized carbons (Fsp3) is 0.483. The predicted octanol–water partition coefficient (Wildman–Crippen LogP) is 4.18. The minimum Gasteiger partial charge on any atom is -0.374 e. The van der Waals surface area contributed by atoms with Crippen molar-refractivity contribution in [3.05, 3.63) is 60.2 Å². The molecule has 2 aromatic carbocycles. The number of carbonyl (C=O) groups excluding carboxylic acids is 3. The number of nitrogens with zero attached hydrogens (tertiary/aromatic N) is 1. The molecule has 3 amide bonds. The van der Waals surface area contributed by atoms with Gasteiger partial charge in [-0.25, -0.2) is 0 Å². The normalized spacial score (nSPS) is 17.1. The first-order valence-electron chi connectivity index (χ1n) is 12.9. The molecule has 1 heterocycles. The third kappa shape index (κ3) is 8.32. The summed E-state index contributed by atoms with van der Waals surface area (Å²) in [5, 5.41) is 8.95. The summed E-state index contributed by atoms with van der Waals surface area (Å²) in [5.74, 6) is -0.548. The highest BCUT2D eigenvalue weighted by molar-refractivity contribution is 5.98. The van der Waals surface area contributed by atoms with Crippen molar-refractivity contribution in [2.45, 2.75) is 72.2 Å². The van der Waals surface area contributed by atoms with Crippen molar-refractivity contribution in [3.8, 4) is 0 Å². The Labute approximate surface area is 220 Å². The van der Waals surface area contributed by atoms with E-state index in [2.05, 4.69) is 22.9 Å². The maximum absolute atomic E-state index is 13.2.